The van der Waals surface area contributed by atoms with Crippen molar-refractivity contribution in [3.8, 4) is 11.4 Å². The lowest BCUT2D eigenvalue weighted by Crippen LogP contribution is -2.45. The third kappa shape index (κ3) is 4.11. The van der Waals surface area contributed by atoms with Gasteiger partial charge in [-0.25, -0.2) is 4.98 Å². The van der Waals surface area contributed by atoms with E-state index in [9.17, 15) is 4.79 Å². The zero-order valence-corrected chi connectivity index (χ0v) is 16.3. The molecule has 6 heteroatoms. The van der Waals surface area contributed by atoms with Crippen LogP contribution >= 0.6 is 0 Å². The molecule has 0 aromatic carbocycles. The van der Waals surface area contributed by atoms with Gasteiger partial charge in [0, 0.05) is 37.4 Å². The Bertz CT molecular complexity index is 762. The van der Waals surface area contributed by atoms with Gasteiger partial charge < -0.3 is 4.90 Å². The predicted molar refractivity (Wildman–Crippen MR) is 101 cm³/mol. The second-order valence-electron chi connectivity index (χ2n) is 8.14. The fourth-order valence-corrected chi connectivity index (χ4v) is 3.62. The molecule has 1 aliphatic rings. The second-order valence-corrected chi connectivity index (χ2v) is 8.14. The topological polar surface area (TPSA) is 63.9 Å². The minimum atomic E-state index is -0.319. The number of carbonyl (C=O) groups excluding carboxylic acids is 1. The molecule has 1 aliphatic heterocycles. The quantitative estimate of drug-likeness (QED) is 0.845. The Hall–Kier alpha value is -2.24. The molecule has 0 saturated carbocycles. The Kier molecular flexibility index (Phi) is 5.39. The minimum Gasteiger partial charge on any atom is -0.342 e. The number of hydrogen-bond donors (Lipinski definition) is 0. The monoisotopic (exact) mass is 355 g/mol. The summed E-state index contributed by atoms with van der Waals surface area (Å²) in [4.78, 5) is 23.8. The molecular formula is C20H29N5O. The van der Waals surface area contributed by atoms with Gasteiger partial charge in [0.1, 0.15) is 5.69 Å². The Morgan fingerprint density at radius 3 is 2.85 bits per heavy atom. The maximum absolute atomic E-state index is 12.6. The van der Waals surface area contributed by atoms with Gasteiger partial charge in [0.25, 0.3) is 0 Å². The summed E-state index contributed by atoms with van der Waals surface area (Å²) >= 11 is 0. The van der Waals surface area contributed by atoms with E-state index < -0.39 is 0 Å². The SMILES string of the molecule is CCn1nccc1-c1cncc(CC2CCCN(C(=O)C(C)(C)C)C2)n1. The van der Waals surface area contributed by atoms with E-state index in [1.54, 1.807) is 12.4 Å². The molecule has 3 heterocycles. The van der Waals surface area contributed by atoms with Crippen LogP contribution in [0.3, 0.4) is 0 Å². The molecule has 3 rings (SSSR count). The fourth-order valence-electron chi connectivity index (χ4n) is 3.62. The molecule has 1 unspecified atom stereocenters. The Balaban J connectivity index is 1.71. The summed E-state index contributed by atoms with van der Waals surface area (Å²) in [6.07, 6.45) is 8.48. The highest BCUT2D eigenvalue weighted by Crippen LogP contribution is 2.25. The Morgan fingerprint density at radius 1 is 1.31 bits per heavy atom. The van der Waals surface area contributed by atoms with Gasteiger partial charge in [-0.05, 0) is 38.2 Å². The van der Waals surface area contributed by atoms with Crippen molar-refractivity contribution in [2.45, 2.75) is 53.5 Å². The number of hydrogen-bond acceptors (Lipinski definition) is 4. The lowest BCUT2D eigenvalue weighted by atomic mass is 9.89. The number of likely N-dealkylation sites (tertiary alicyclic amines) is 1. The van der Waals surface area contributed by atoms with E-state index in [0.29, 0.717) is 5.92 Å². The zero-order valence-electron chi connectivity index (χ0n) is 16.3. The third-order valence-electron chi connectivity index (χ3n) is 4.91. The second kappa shape index (κ2) is 7.56. The van der Waals surface area contributed by atoms with Gasteiger partial charge in [-0.1, -0.05) is 20.8 Å². The highest BCUT2D eigenvalue weighted by molar-refractivity contribution is 5.81. The number of carbonyl (C=O) groups is 1. The standard InChI is InChI=1S/C20H29N5O/c1-5-25-18(8-9-22-25)17-13-21-12-16(23-17)11-15-7-6-10-24(14-15)19(26)20(2,3)4/h8-9,12-13,15H,5-7,10-11,14H2,1-4H3. The van der Waals surface area contributed by atoms with Crippen LogP contribution in [0.2, 0.25) is 0 Å². The van der Waals surface area contributed by atoms with Gasteiger partial charge in [0.2, 0.25) is 5.91 Å². The average Bonchev–Trinajstić information content (AvgIpc) is 3.09. The van der Waals surface area contributed by atoms with Crippen LogP contribution in [0, 0.1) is 11.3 Å². The first-order chi connectivity index (χ1) is 12.4. The fraction of sp³-hybridized carbons (Fsp3) is 0.600. The number of amides is 1. The first-order valence-electron chi connectivity index (χ1n) is 9.51. The Labute approximate surface area is 155 Å². The van der Waals surface area contributed by atoms with Crippen LogP contribution in [-0.4, -0.2) is 43.6 Å². The molecule has 0 radical (unpaired) electrons. The minimum absolute atomic E-state index is 0.244. The highest BCUT2D eigenvalue weighted by Gasteiger charge is 2.31. The van der Waals surface area contributed by atoms with Crippen LogP contribution in [0.25, 0.3) is 11.4 Å². The van der Waals surface area contributed by atoms with Crippen LogP contribution < -0.4 is 0 Å². The Morgan fingerprint density at radius 2 is 2.12 bits per heavy atom. The molecule has 140 valence electrons. The zero-order chi connectivity index (χ0) is 18.7. The van der Waals surface area contributed by atoms with Crippen molar-refractivity contribution < 1.29 is 4.79 Å². The first-order valence-corrected chi connectivity index (χ1v) is 9.51. The molecule has 0 bridgehead atoms. The van der Waals surface area contributed by atoms with E-state index in [0.717, 1.165) is 56.0 Å². The van der Waals surface area contributed by atoms with E-state index in [4.69, 9.17) is 4.98 Å². The summed E-state index contributed by atoms with van der Waals surface area (Å²) in [5, 5.41) is 4.31. The lowest BCUT2D eigenvalue weighted by molar-refractivity contribution is -0.141. The molecule has 0 N–H and O–H groups in total. The number of rotatable bonds is 4. The van der Waals surface area contributed by atoms with E-state index in [1.807, 2.05) is 42.6 Å². The van der Waals surface area contributed by atoms with Gasteiger partial charge in [-0.15, -0.1) is 0 Å². The molecule has 1 fully saturated rings. The first kappa shape index (κ1) is 18.5. The van der Waals surface area contributed by atoms with E-state index in [-0.39, 0.29) is 11.3 Å². The van der Waals surface area contributed by atoms with Gasteiger partial charge in [-0.3, -0.25) is 14.5 Å². The van der Waals surface area contributed by atoms with Gasteiger partial charge in [0.15, 0.2) is 0 Å². The highest BCUT2D eigenvalue weighted by atomic mass is 16.2. The van der Waals surface area contributed by atoms with E-state index >= 15 is 0 Å². The molecule has 1 saturated heterocycles. The molecule has 1 atom stereocenters. The number of aromatic nitrogens is 4. The van der Waals surface area contributed by atoms with Crippen LogP contribution in [0.5, 0.6) is 0 Å². The number of aryl methyl sites for hydroxylation is 1. The van der Waals surface area contributed by atoms with Crippen molar-refractivity contribution in [1.29, 1.82) is 0 Å². The smallest absolute Gasteiger partial charge is 0.227 e. The molecule has 6 nitrogen and oxygen atoms in total. The summed E-state index contributed by atoms with van der Waals surface area (Å²) < 4.78 is 1.93. The van der Waals surface area contributed by atoms with Crippen molar-refractivity contribution in [2.75, 3.05) is 13.1 Å². The lowest BCUT2D eigenvalue weighted by Gasteiger charge is -2.36. The predicted octanol–water partition coefficient (Wildman–Crippen LogP) is 3.19. The average molecular weight is 355 g/mol. The normalized spacial score (nSPS) is 18.2. The molecular weight excluding hydrogens is 326 g/mol. The van der Waals surface area contributed by atoms with Gasteiger partial charge in [-0.2, -0.15) is 5.10 Å². The summed E-state index contributed by atoms with van der Waals surface area (Å²) in [7, 11) is 0. The molecule has 26 heavy (non-hydrogen) atoms. The van der Waals surface area contributed by atoms with Crippen molar-refractivity contribution >= 4 is 5.91 Å². The molecule has 2 aromatic rings. The van der Waals surface area contributed by atoms with Gasteiger partial charge >= 0.3 is 0 Å². The maximum Gasteiger partial charge on any atom is 0.227 e. The van der Waals surface area contributed by atoms with Crippen molar-refractivity contribution in [3.05, 3.63) is 30.4 Å². The summed E-state index contributed by atoms with van der Waals surface area (Å²) in [5.74, 6) is 0.685. The molecule has 0 spiro atoms. The largest absolute Gasteiger partial charge is 0.342 e. The summed E-state index contributed by atoms with van der Waals surface area (Å²) in [6, 6.07) is 1.97. The van der Waals surface area contributed by atoms with Crippen LogP contribution in [-0.2, 0) is 17.8 Å². The van der Waals surface area contributed by atoms with Crippen molar-refractivity contribution in [3.63, 3.8) is 0 Å². The van der Waals surface area contributed by atoms with Crippen LogP contribution in [0.1, 0.15) is 46.2 Å². The van der Waals surface area contributed by atoms with Gasteiger partial charge in [0.05, 0.1) is 17.6 Å². The summed E-state index contributed by atoms with van der Waals surface area (Å²) in [5.41, 5.74) is 2.52. The van der Waals surface area contributed by atoms with E-state index in [1.165, 1.54) is 0 Å². The van der Waals surface area contributed by atoms with Crippen molar-refractivity contribution in [1.82, 2.24) is 24.6 Å². The van der Waals surface area contributed by atoms with E-state index in [2.05, 4.69) is 17.0 Å². The van der Waals surface area contributed by atoms with Crippen molar-refractivity contribution in [2.24, 2.45) is 11.3 Å². The third-order valence-corrected chi connectivity index (χ3v) is 4.91. The van der Waals surface area contributed by atoms with Crippen LogP contribution in [0.15, 0.2) is 24.7 Å². The maximum atomic E-state index is 12.6. The molecule has 1 amide bonds. The molecule has 0 aliphatic carbocycles. The van der Waals surface area contributed by atoms with Crippen LogP contribution in [0.4, 0.5) is 0 Å². The molecule has 2 aromatic heterocycles. The number of nitrogens with zero attached hydrogens (tertiary/aromatic N) is 5. The number of piperidine rings is 1. The summed E-state index contributed by atoms with van der Waals surface area (Å²) in [6.45, 7) is 10.5.